The first-order chi connectivity index (χ1) is 42.7. The van der Waals surface area contributed by atoms with Crippen molar-refractivity contribution < 1.29 is 19.2 Å². The van der Waals surface area contributed by atoms with E-state index in [-0.39, 0.29) is 49.7 Å². The molecule has 426 valence electrons. The summed E-state index contributed by atoms with van der Waals surface area (Å²) in [6, 6.07) is 42.3. The molecule has 8 bridgehead atoms. The number of imidazole rings is 3. The number of rotatable bonds is 18. The molecule has 0 radical (unpaired) electrons. The number of H-pyrrole nitrogens is 2. The number of aromatic amines is 2. The molecule has 2 aliphatic rings. The van der Waals surface area contributed by atoms with E-state index in [1.165, 1.54) is 0 Å². The summed E-state index contributed by atoms with van der Waals surface area (Å²) in [4.78, 5) is 91.0. The van der Waals surface area contributed by atoms with Crippen molar-refractivity contribution in [1.82, 2.24) is 53.6 Å². The van der Waals surface area contributed by atoms with Gasteiger partial charge in [0, 0.05) is 145 Å². The molecule has 4 aromatic carbocycles. The van der Waals surface area contributed by atoms with Gasteiger partial charge >= 0.3 is 0 Å². The summed E-state index contributed by atoms with van der Waals surface area (Å²) in [6.45, 7) is 0.0909. The lowest BCUT2D eigenvalue weighted by molar-refractivity contribution is -0.117. The van der Waals surface area contributed by atoms with Gasteiger partial charge in [-0.25, -0.2) is 24.9 Å². The molecule has 2 aliphatic heterocycles. The lowest BCUT2D eigenvalue weighted by Crippen LogP contribution is -2.18. The Morgan fingerprint density at radius 1 is 0.379 bits per heavy atom. The molecule has 7 aromatic heterocycles. The Morgan fingerprint density at radius 2 is 0.724 bits per heavy atom. The van der Waals surface area contributed by atoms with Crippen LogP contribution in [-0.4, -0.2) is 77.2 Å². The second-order valence-electron chi connectivity index (χ2n) is 20.8. The van der Waals surface area contributed by atoms with Crippen molar-refractivity contribution in [3.8, 4) is 44.5 Å². The minimum atomic E-state index is -0.263. The Kier molecular flexibility index (Phi) is 15.3. The van der Waals surface area contributed by atoms with Crippen LogP contribution < -0.4 is 21.3 Å². The highest BCUT2D eigenvalue weighted by molar-refractivity contribution is 6.07. The maximum absolute atomic E-state index is 14.0. The molecule has 0 atom stereocenters. The second-order valence-corrected chi connectivity index (χ2v) is 20.8. The third-order valence-electron chi connectivity index (χ3n) is 14.9. The van der Waals surface area contributed by atoms with Crippen LogP contribution in [0.1, 0.15) is 41.2 Å². The number of nitrogens with one attached hydrogen (secondary N) is 6. The monoisotopic (exact) mass is 1150 g/mol. The van der Waals surface area contributed by atoms with Crippen molar-refractivity contribution in [3.05, 3.63) is 230 Å². The van der Waals surface area contributed by atoms with Gasteiger partial charge in [0.05, 0.1) is 41.8 Å². The molecule has 6 N–H and O–H groups in total. The quantitative estimate of drug-likeness (QED) is 0.0475. The van der Waals surface area contributed by atoms with Crippen LogP contribution in [0.4, 0.5) is 22.7 Å². The molecule has 19 nitrogen and oxygen atoms in total. The normalized spacial score (nSPS) is 11.6. The number of carbonyl (C=O) groups excluding carboxylic acids is 4. The predicted molar refractivity (Wildman–Crippen MR) is 339 cm³/mol. The first-order valence-corrected chi connectivity index (χ1v) is 28.2. The minimum absolute atomic E-state index is 0.0296. The summed E-state index contributed by atoms with van der Waals surface area (Å²) in [7, 11) is 0. The molecular weight excluding hydrogens is 1090 g/mol. The molecule has 4 amide bonds. The van der Waals surface area contributed by atoms with Crippen molar-refractivity contribution in [2.24, 2.45) is 0 Å². The minimum Gasteiger partial charge on any atom is -0.354 e. The fraction of sp³-hybridized carbons (Fsp3) is 0.0882. The fourth-order valence-electron chi connectivity index (χ4n) is 11.0. The zero-order valence-corrected chi connectivity index (χ0v) is 46.8. The van der Waals surface area contributed by atoms with Gasteiger partial charge in [0.2, 0.25) is 23.6 Å². The molecule has 0 spiro atoms. The summed E-state index contributed by atoms with van der Waals surface area (Å²) in [6.07, 6.45) is 27.8. The zero-order chi connectivity index (χ0) is 59.1. The van der Waals surface area contributed by atoms with E-state index in [2.05, 4.69) is 51.2 Å². The molecule has 9 heterocycles. The number of aromatic nitrogens is 11. The number of benzene rings is 4. The molecule has 0 fully saturated rings. The highest BCUT2D eigenvalue weighted by Gasteiger charge is 2.24. The van der Waals surface area contributed by atoms with Crippen LogP contribution in [0.2, 0.25) is 0 Å². The van der Waals surface area contributed by atoms with Gasteiger partial charge in [0.15, 0.2) is 0 Å². The molecule has 0 aliphatic carbocycles. The van der Waals surface area contributed by atoms with Crippen molar-refractivity contribution in [1.29, 1.82) is 0 Å². The van der Waals surface area contributed by atoms with Gasteiger partial charge in [0.1, 0.15) is 19.6 Å². The lowest BCUT2D eigenvalue weighted by Gasteiger charge is -2.14. The van der Waals surface area contributed by atoms with Crippen LogP contribution in [0, 0.1) is 0 Å². The van der Waals surface area contributed by atoms with Crippen molar-refractivity contribution in [3.63, 3.8) is 0 Å². The molecule has 13 rings (SSSR count). The molecule has 19 heteroatoms. The van der Waals surface area contributed by atoms with Crippen LogP contribution in [0.3, 0.4) is 0 Å². The molecule has 87 heavy (non-hydrogen) atoms. The van der Waals surface area contributed by atoms with E-state index < -0.39 is 0 Å². The summed E-state index contributed by atoms with van der Waals surface area (Å²) in [5, 5.41) is 12.8. The van der Waals surface area contributed by atoms with E-state index in [9.17, 15) is 19.2 Å². The van der Waals surface area contributed by atoms with E-state index in [1.54, 1.807) is 76.1 Å². The summed E-state index contributed by atoms with van der Waals surface area (Å²) in [5.41, 5.74) is 13.5. The van der Waals surface area contributed by atoms with E-state index in [0.717, 1.165) is 5.56 Å². The third-order valence-corrected chi connectivity index (χ3v) is 14.9. The van der Waals surface area contributed by atoms with Crippen LogP contribution in [0.25, 0.3) is 90.9 Å². The summed E-state index contributed by atoms with van der Waals surface area (Å²) in [5.74, 6) is -0.935. The Hall–Kier alpha value is -11.9. The van der Waals surface area contributed by atoms with E-state index in [4.69, 9.17) is 9.97 Å². The van der Waals surface area contributed by atoms with Crippen LogP contribution in [0.5, 0.6) is 0 Å². The molecule has 0 saturated carbocycles. The first-order valence-electron chi connectivity index (χ1n) is 28.2. The third kappa shape index (κ3) is 12.0. The van der Waals surface area contributed by atoms with E-state index >= 15 is 0 Å². The Labute approximate surface area is 498 Å². The van der Waals surface area contributed by atoms with Gasteiger partial charge in [-0.3, -0.25) is 24.2 Å². The van der Waals surface area contributed by atoms with Crippen LogP contribution >= 0.6 is 0 Å². The Bertz CT molecular complexity index is 4530. The second kappa shape index (κ2) is 24.5. The highest BCUT2D eigenvalue weighted by Crippen LogP contribution is 2.43. The number of anilines is 4. The number of hydrogen-bond acceptors (Lipinski definition) is 10. The van der Waals surface area contributed by atoms with Gasteiger partial charge in [-0.1, -0.05) is 78.9 Å². The molecule has 11 aromatic rings. The van der Waals surface area contributed by atoms with Gasteiger partial charge in [-0.05, 0) is 97.3 Å². The average Bonchev–Trinajstić information content (AvgIpc) is 2.22. The number of aryl methyl sites for hydroxylation is 1. The largest absolute Gasteiger partial charge is 0.354 e. The summed E-state index contributed by atoms with van der Waals surface area (Å²) >= 11 is 0. The Morgan fingerprint density at radius 3 is 1.05 bits per heavy atom. The topological polar surface area (TPSA) is 240 Å². The molecule has 0 unspecified atom stereocenters. The average molecular weight is 1150 g/mol. The number of carbonyl (C=O) groups is 4. The van der Waals surface area contributed by atoms with Crippen molar-refractivity contribution in [2.75, 3.05) is 21.3 Å². The van der Waals surface area contributed by atoms with Crippen molar-refractivity contribution >= 4 is 92.7 Å². The van der Waals surface area contributed by atoms with Crippen LogP contribution in [0.15, 0.2) is 202 Å². The zero-order valence-electron chi connectivity index (χ0n) is 46.8. The van der Waals surface area contributed by atoms with Gasteiger partial charge in [0.25, 0.3) is 0 Å². The number of para-hydroxylation sites is 4. The standard InChI is InChI=1S/C68H55N15O4/c84-61(21-9-11-44-12-10-30-69-37-44)77-49-17-5-1-13-45(49)65-53-22-24-55(73-53)66(46-14-2-6-18-50(46)78-62(85)38-81-34-31-70-41-81)57-26-28-59(75-57)68(48-16-4-8-20-52(48)80-64(87)40-83-36-33-72-43-83)60-29-27-58(76-60)67(56-25-23-54(65)74-56)47-15-3-7-19-51(47)79-63(86)39-82-35-32-71-42-82/h1-8,10,12-20,22-37,41-43,73,76H,9,11,21,38-40H2,(H,77,84)(H,78,85)(H,79,86)(H,80,87). The van der Waals surface area contributed by atoms with Gasteiger partial charge in [-0.2, -0.15) is 0 Å². The predicted octanol–water partition coefficient (Wildman–Crippen LogP) is 12.2. The van der Waals surface area contributed by atoms with E-state index in [0.29, 0.717) is 125 Å². The molecular formula is C68H55N15O4. The van der Waals surface area contributed by atoms with Crippen LogP contribution in [-0.2, 0) is 45.2 Å². The first kappa shape index (κ1) is 54.4. The number of pyridine rings is 1. The fourth-order valence-corrected chi connectivity index (χ4v) is 11.0. The number of nitrogens with zero attached hydrogens (tertiary/aromatic N) is 9. The smallest absolute Gasteiger partial charge is 0.244 e. The SMILES string of the molecule is O=C(CCCc1cccnc1)Nc1ccccc1-c1c2nc(c(-c3ccccc3NC(=O)Cn3ccnc3)c3ccc([nH]3)c(-c3ccccc3NC(=O)Cn3ccnc3)c3nc(c(-c4ccccc4NC(=O)Cn4ccnc4)c4ccc1[nH]4)C=C3)C=C2. The maximum Gasteiger partial charge on any atom is 0.244 e. The van der Waals surface area contributed by atoms with Gasteiger partial charge < -0.3 is 44.9 Å². The number of hydrogen-bond donors (Lipinski definition) is 6. The lowest BCUT2D eigenvalue weighted by atomic mass is 10.0. The highest BCUT2D eigenvalue weighted by atomic mass is 16.2. The van der Waals surface area contributed by atoms with E-state index in [1.807, 2.05) is 164 Å². The Balaban J connectivity index is 1.06. The summed E-state index contributed by atoms with van der Waals surface area (Å²) < 4.78 is 5.10. The number of fused-ring (bicyclic) bond motifs is 8. The van der Waals surface area contributed by atoms with Crippen molar-refractivity contribution in [2.45, 2.75) is 38.9 Å². The molecule has 0 saturated heterocycles. The number of amides is 4. The maximum atomic E-state index is 14.0. The van der Waals surface area contributed by atoms with Gasteiger partial charge in [-0.15, -0.1) is 0 Å².